The topological polar surface area (TPSA) is 38.3 Å². The second-order valence-electron chi connectivity index (χ2n) is 4.93. The number of carbonyl (C=O) groups excluding carboxylic acids is 1. The average Bonchev–Trinajstić information content (AvgIpc) is 2.50. The summed E-state index contributed by atoms with van der Waals surface area (Å²) in [5.41, 5.74) is 3.48. The van der Waals surface area contributed by atoms with Gasteiger partial charge in [-0.05, 0) is 40.8 Å². The zero-order valence-electron chi connectivity index (χ0n) is 11.7. The van der Waals surface area contributed by atoms with Crippen LogP contribution >= 0.6 is 0 Å². The van der Waals surface area contributed by atoms with E-state index >= 15 is 0 Å². The fourth-order valence-corrected chi connectivity index (χ4v) is 2.92. The number of rotatable bonds is 2. The van der Waals surface area contributed by atoms with Gasteiger partial charge in [-0.3, -0.25) is 4.79 Å². The molecule has 3 rings (SSSR count). The lowest BCUT2D eigenvalue weighted by Gasteiger charge is -2.22. The molecule has 2 aromatic carbocycles. The summed E-state index contributed by atoms with van der Waals surface area (Å²) < 4.78 is 5.47. The lowest BCUT2D eigenvalue weighted by molar-refractivity contribution is -0.116. The molecule has 0 aromatic heterocycles. The van der Waals surface area contributed by atoms with Crippen molar-refractivity contribution in [2.75, 3.05) is 14.2 Å². The molecule has 0 heterocycles. The highest BCUT2D eigenvalue weighted by atomic mass is 16.5. The standard InChI is InChI=1S/C17H17NO2/c1-18-16(19)10-12-6-8-14-15(20-2)9-7-11-4-3-5-13(12)17(11)14/h3-5,7,9-10H,6,8H2,1-2H3,(H,18,19). The van der Waals surface area contributed by atoms with Gasteiger partial charge < -0.3 is 10.1 Å². The van der Waals surface area contributed by atoms with E-state index in [1.54, 1.807) is 20.2 Å². The Hall–Kier alpha value is -2.29. The molecule has 0 saturated heterocycles. The van der Waals surface area contributed by atoms with Gasteiger partial charge in [0, 0.05) is 18.7 Å². The monoisotopic (exact) mass is 267 g/mol. The number of likely N-dealkylation sites (N-methyl/N-ethyl adjacent to an activating group) is 1. The maximum absolute atomic E-state index is 11.6. The summed E-state index contributed by atoms with van der Waals surface area (Å²) in [5, 5.41) is 5.06. The van der Waals surface area contributed by atoms with E-state index in [0.717, 1.165) is 29.7 Å². The molecule has 3 heteroatoms. The fraction of sp³-hybridized carbons (Fsp3) is 0.235. The van der Waals surface area contributed by atoms with Gasteiger partial charge in [-0.25, -0.2) is 0 Å². The number of ether oxygens (including phenoxy) is 1. The number of carbonyl (C=O) groups is 1. The molecule has 1 amide bonds. The molecule has 1 aliphatic rings. The first-order valence-corrected chi connectivity index (χ1v) is 6.76. The Balaban J connectivity index is 2.27. The van der Waals surface area contributed by atoms with Gasteiger partial charge in [0.2, 0.25) is 5.91 Å². The van der Waals surface area contributed by atoms with Crippen molar-refractivity contribution in [2.45, 2.75) is 12.8 Å². The predicted octanol–water partition coefficient (Wildman–Crippen LogP) is 2.92. The molecule has 0 atom stereocenters. The van der Waals surface area contributed by atoms with Crippen molar-refractivity contribution < 1.29 is 9.53 Å². The molecular weight excluding hydrogens is 250 g/mol. The van der Waals surface area contributed by atoms with E-state index in [0.29, 0.717) is 0 Å². The average molecular weight is 267 g/mol. The van der Waals surface area contributed by atoms with Crippen LogP contribution in [0.15, 0.2) is 36.4 Å². The van der Waals surface area contributed by atoms with Gasteiger partial charge in [0.1, 0.15) is 5.75 Å². The minimum absolute atomic E-state index is 0.0525. The van der Waals surface area contributed by atoms with Crippen LogP contribution in [0.1, 0.15) is 17.5 Å². The van der Waals surface area contributed by atoms with Crippen LogP contribution in [0.3, 0.4) is 0 Å². The summed E-state index contributed by atoms with van der Waals surface area (Å²) >= 11 is 0. The lowest BCUT2D eigenvalue weighted by Crippen LogP contribution is -2.15. The third-order valence-electron chi connectivity index (χ3n) is 3.87. The molecule has 0 aliphatic heterocycles. The number of aryl methyl sites for hydroxylation is 1. The van der Waals surface area contributed by atoms with Gasteiger partial charge in [0.25, 0.3) is 0 Å². The van der Waals surface area contributed by atoms with Crippen molar-refractivity contribution >= 4 is 22.3 Å². The molecule has 0 radical (unpaired) electrons. The molecule has 0 bridgehead atoms. The molecule has 0 fully saturated rings. The quantitative estimate of drug-likeness (QED) is 0.850. The second kappa shape index (κ2) is 5.00. The highest BCUT2D eigenvalue weighted by Gasteiger charge is 2.19. The Morgan fingerprint density at radius 1 is 1.25 bits per heavy atom. The zero-order valence-corrected chi connectivity index (χ0v) is 11.7. The Labute approximate surface area is 118 Å². The molecule has 3 nitrogen and oxygen atoms in total. The van der Waals surface area contributed by atoms with Crippen molar-refractivity contribution in [1.29, 1.82) is 0 Å². The van der Waals surface area contributed by atoms with E-state index in [4.69, 9.17) is 4.74 Å². The van der Waals surface area contributed by atoms with Crippen LogP contribution in [0.4, 0.5) is 0 Å². The minimum Gasteiger partial charge on any atom is -0.496 e. The SMILES string of the molecule is CNC(=O)C=C1CCc2c(OC)ccc3cccc1c23. The number of hydrogen-bond acceptors (Lipinski definition) is 2. The number of nitrogens with one attached hydrogen (secondary N) is 1. The normalized spacial score (nSPS) is 15.4. The molecule has 20 heavy (non-hydrogen) atoms. The molecule has 2 aromatic rings. The van der Waals surface area contributed by atoms with Crippen LogP contribution in [-0.2, 0) is 11.2 Å². The van der Waals surface area contributed by atoms with Gasteiger partial charge in [0.15, 0.2) is 0 Å². The predicted molar refractivity (Wildman–Crippen MR) is 80.9 cm³/mol. The first kappa shape index (κ1) is 12.7. The summed E-state index contributed by atoms with van der Waals surface area (Å²) in [4.78, 5) is 11.6. The molecular formula is C17H17NO2. The van der Waals surface area contributed by atoms with Gasteiger partial charge in [0.05, 0.1) is 7.11 Å². The van der Waals surface area contributed by atoms with Crippen molar-refractivity contribution in [3.63, 3.8) is 0 Å². The van der Waals surface area contributed by atoms with Crippen molar-refractivity contribution in [1.82, 2.24) is 5.32 Å². The summed E-state index contributed by atoms with van der Waals surface area (Å²) in [5.74, 6) is 0.882. The van der Waals surface area contributed by atoms with Crippen LogP contribution in [0.25, 0.3) is 16.3 Å². The van der Waals surface area contributed by atoms with Crippen LogP contribution in [0.2, 0.25) is 0 Å². The highest BCUT2D eigenvalue weighted by Crippen LogP contribution is 2.40. The summed E-state index contributed by atoms with van der Waals surface area (Å²) in [6.07, 6.45) is 3.47. The zero-order chi connectivity index (χ0) is 14.1. The molecule has 1 aliphatic carbocycles. The Morgan fingerprint density at radius 3 is 2.85 bits per heavy atom. The van der Waals surface area contributed by atoms with Crippen LogP contribution in [-0.4, -0.2) is 20.1 Å². The van der Waals surface area contributed by atoms with E-state index < -0.39 is 0 Å². The Bertz CT molecular complexity index is 716. The van der Waals surface area contributed by atoms with Gasteiger partial charge in [-0.1, -0.05) is 24.3 Å². The third kappa shape index (κ3) is 1.95. The second-order valence-corrected chi connectivity index (χ2v) is 4.93. The molecule has 0 unspecified atom stereocenters. The van der Waals surface area contributed by atoms with Gasteiger partial charge in [-0.15, -0.1) is 0 Å². The summed E-state index contributed by atoms with van der Waals surface area (Å²) in [6.45, 7) is 0. The number of methoxy groups -OCH3 is 1. The van der Waals surface area contributed by atoms with Crippen molar-refractivity contribution in [2.24, 2.45) is 0 Å². The Kier molecular flexibility index (Phi) is 3.18. The smallest absolute Gasteiger partial charge is 0.244 e. The maximum atomic E-state index is 11.6. The lowest BCUT2D eigenvalue weighted by atomic mass is 9.84. The van der Waals surface area contributed by atoms with Crippen molar-refractivity contribution in [3.8, 4) is 5.75 Å². The molecule has 102 valence electrons. The first-order valence-electron chi connectivity index (χ1n) is 6.76. The summed E-state index contributed by atoms with van der Waals surface area (Å²) in [7, 11) is 3.36. The molecule has 0 spiro atoms. The third-order valence-corrected chi connectivity index (χ3v) is 3.87. The minimum atomic E-state index is -0.0525. The molecule has 0 saturated carbocycles. The van der Waals surface area contributed by atoms with Gasteiger partial charge in [-0.2, -0.15) is 0 Å². The number of benzene rings is 2. The van der Waals surface area contributed by atoms with Crippen molar-refractivity contribution in [3.05, 3.63) is 47.5 Å². The number of amides is 1. The first-order chi connectivity index (χ1) is 9.74. The maximum Gasteiger partial charge on any atom is 0.244 e. The highest BCUT2D eigenvalue weighted by molar-refractivity contribution is 6.04. The van der Waals surface area contributed by atoms with E-state index in [1.807, 2.05) is 12.1 Å². The number of allylic oxidation sites excluding steroid dienone is 1. The number of hydrogen-bond donors (Lipinski definition) is 1. The van der Waals surface area contributed by atoms with Crippen LogP contribution in [0.5, 0.6) is 5.75 Å². The van der Waals surface area contributed by atoms with E-state index in [-0.39, 0.29) is 5.91 Å². The Morgan fingerprint density at radius 2 is 2.10 bits per heavy atom. The van der Waals surface area contributed by atoms with Crippen LogP contribution < -0.4 is 10.1 Å². The van der Waals surface area contributed by atoms with E-state index in [9.17, 15) is 4.79 Å². The fourth-order valence-electron chi connectivity index (χ4n) is 2.92. The molecule has 1 N–H and O–H groups in total. The van der Waals surface area contributed by atoms with Crippen LogP contribution in [0, 0.1) is 0 Å². The van der Waals surface area contributed by atoms with Gasteiger partial charge >= 0.3 is 0 Å². The summed E-state index contributed by atoms with van der Waals surface area (Å²) in [6, 6.07) is 10.3. The largest absolute Gasteiger partial charge is 0.496 e. The van der Waals surface area contributed by atoms with E-state index in [1.165, 1.54) is 16.3 Å². The van der Waals surface area contributed by atoms with E-state index in [2.05, 4.69) is 23.5 Å².